The van der Waals surface area contributed by atoms with E-state index in [0.29, 0.717) is 27.9 Å². The summed E-state index contributed by atoms with van der Waals surface area (Å²) in [5, 5.41) is 0.574. The highest BCUT2D eigenvalue weighted by Gasteiger charge is 2.32. The molecule has 1 amide bonds. The van der Waals surface area contributed by atoms with Crippen molar-refractivity contribution in [2.24, 2.45) is 4.99 Å². The fourth-order valence-electron chi connectivity index (χ4n) is 3.27. The Balaban J connectivity index is 1.75. The van der Waals surface area contributed by atoms with E-state index in [4.69, 9.17) is 21.1 Å². The summed E-state index contributed by atoms with van der Waals surface area (Å²) in [7, 11) is 2.92. The molecule has 0 radical (unpaired) electrons. The smallest absolute Gasteiger partial charge is 0.337 e. The summed E-state index contributed by atoms with van der Waals surface area (Å²) in [5.41, 5.74) is 2.85. The van der Waals surface area contributed by atoms with Crippen molar-refractivity contribution < 1.29 is 19.1 Å². The molecule has 0 N–H and O–H groups in total. The van der Waals surface area contributed by atoms with E-state index in [2.05, 4.69) is 4.99 Å². The highest BCUT2D eigenvalue weighted by molar-refractivity contribution is 6.34. The van der Waals surface area contributed by atoms with Crippen LogP contribution in [-0.2, 0) is 9.53 Å². The Morgan fingerprint density at radius 3 is 2.19 bits per heavy atom. The van der Waals surface area contributed by atoms with Crippen LogP contribution >= 0.6 is 11.6 Å². The van der Waals surface area contributed by atoms with E-state index in [9.17, 15) is 9.59 Å². The summed E-state index contributed by atoms with van der Waals surface area (Å²) in [6.07, 6.45) is 1.68. The third-order valence-electron chi connectivity index (χ3n) is 4.93. The quantitative estimate of drug-likeness (QED) is 0.410. The zero-order chi connectivity index (χ0) is 22.7. The Hall–Kier alpha value is -3.90. The SMILES string of the molecule is COC(=O)c1ccc(/C=C2/N=C(c3ccc(OC)cc3)N(c3ccc(Cl)cc3)C2=O)cc1. The molecule has 1 heterocycles. The molecule has 0 bridgehead atoms. The van der Waals surface area contributed by atoms with E-state index in [-0.39, 0.29) is 11.6 Å². The van der Waals surface area contributed by atoms with Crippen LogP contribution in [0.5, 0.6) is 5.75 Å². The first-order valence-electron chi connectivity index (χ1n) is 9.73. The van der Waals surface area contributed by atoms with Gasteiger partial charge in [0.05, 0.1) is 25.5 Å². The van der Waals surface area contributed by atoms with Gasteiger partial charge in [-0.3, -0.25) is 9.69 Å². The second-order valence-corrected chi connectivity index (χ2v) is 7.36. The fraction of sp³-hybridized carbons (Fsp3) is 0.0800. The van der Waals surface area contributed by atoms with E-state index >= 15 is 0 Å². The van der Waals surface area contributed by atoms with Crippen LogP contribution in [0.2, 0.25) is 5.02 Å². The van der Waals surface area contributed by atoms with Gasteiger partial charge in [-0.2, -0.15) is 0 Å². The Labute approximate surface area is 190 Å². The Morgan fingerprint density at radius 2 is 1.59 bits per heavy atom. The summed E-state index contributed by atoms with van der Waals surface area (Å²) < 4.78 is 9.96. The first kappa shape index (κ1) is 21.3. The van der Waals surface area contributed by atoms with Gasteiger partial charge in [0, 0.05) is 10.6 Å². The number of ether oxygens (including phenoxy) is 2. The van der Waals surface area contributed by atoms with Crippen molar-refractivity contribution in [1.29, 1.82) is 0 Å². The number of amidine groups is 1. The number of carbonyl (C=O) groups excluding carboxylic acids is 2. The zero-order valence-corrected chi connectivity index (χ0v) is 18.2. The first-order chi connectivity index (χ1) is 15.5. The van der Waals surface area contributed by atoms with Crippen LogP contribution in [0.15, 0.2) is 83.5 Å². The van der Waals surface area contributed by atoms with Gasteiger partial charge < -0.3 is 9.47 Å². The van der Waals surface area contributed by atoms with Gasteiger partial charge in [0.25, 0.3) is 5.91 Å². The highest BCUT2D eigenvalue weighted by Crippen LogP contribution is 2.29. The number of rotatable bonds is 5. The van der Waals surface area contributed by atoms with Crippen molar-refractivity contribution in [1.82, 2.24) is 0 Å². The molecule has 0 spiro atoms. The molecule has 0 unspecified atom stereocenters. The number of anilines is 1. The Bertz CT molecular complexity index is 1210. The molecular formula is C25H19ClN2O4. The second-order valence-electron chi connectivity index (χ2n) is 6.92. The predicted molar refractivity (Wildman–Crippen MR) is 124 cm³/mol. The molecule has 32 heavy (non-hydrogen) atoms. The standard InChI is InChI=1S/C25H19ClN2O4/c1-31-21-13-7-17(8-14-21)23-27-22(15-16-3-5-18(6-4-16)25(30)32-2)24(29)28(23)20-11-9-19(26)10-12-20/h3-15H,1-2H3/b22-15+. The summed E-state index contributed by atoms with van der Waals surface area (Å²) in [5.74, 6) is 0.514. The third kappa shape index (κ3) is 4.26. The summed E-state index contributed by atoms with van der Waals surface area (Å²) in [6.45, 7) is 0. The maximum Gasteiger partial charge on any atom is 0.337 e. The number of aliphatic imine (C=N–C) groups is 1. The molecule has 1 aliphatic heterocycles. The summed E-state index contributed by atoms with van der Waals surface area (Å²) in [4.78, 5) is 31.2. The highest BCUT2D eigenvalue weighted by atomic mass is 35.5. The van der Waals surface area contributed by atoms with Gasteiger partial charge >= 0.3 is 5.97 Å². The molecule has 3 aromatic rings. The average Bonchev–Trinajstić information content (AvgIpc) is 3.15. The molecule has 0 fully saturated rings. The van der Waals surface area contributed by atoms with Gasteiger partial charge in [-0.25, -0.2) is 9.79 Å². The minimum atomic E-state index is -0.421. The Morgan fingerprint density at radius 1 is 0.938 bits per heavy atom. The van der Waals surface area contributed by atoms with Crippen molar-refractivity contribution >= 4 is 41.1 Å². The average molecular weight is 447 g/mol. The lowest BCUT2D eigenvalue weighted by Gasteiger charge is -2.18. The van der Waals surface area contributed by atoms with Crippen molar-refractivity contribution in [2.75, 3.05) is 19.1 Å². The van der Waals surface area contributed by atoms with Crippen LogP contribution in [0.25, 0.3) is 6.08 Å². The number of carbonyl (C=O) groups is 2. The number of hydrogen-bond donors (Lipinski definition) is 0. The predicted octanol–water partition coefficient (Wildman–Crippen LogP) is 4.97. The number of benzene rings is 3. The van der Waals surface area contributed by atoms with Crippen LogP contribution in [-0.4, -0.2) is 31.9 Å². The van der Waals surface area contributed by atoms with E-state index in [1.54, 1.807) is 66.6 Å². The lowest BCUT2D eigenvalue weighted by molar-refractivity contribution is -0.113. The molecule has 0 saturated carbocycles. The van der Waals surface area contributed by atoms with Crippen LogP contribution in [0, 0.1) is 0 Å². The molecule has 4 rings (SSSR count). The van der Waals surface area contributed by atoms with E-state index in [1.165, 1.54) is 7.11 Å². The van der Waals surface area contributed by atoms with Crippen LogP contribution < -0.4 is 9.64 Å². The second kappa shape index (κ2) is 9.08. The van der Waals surface area contributed by atoms with Crippen LogP contribution in [0.1, 0.15) is 21.5 Å². The Kier molecular flexibility index (Phi) is 6.05. The normalized spacial score (nSPS) is 14.5. The summed E-state index contributed by atoms with van der Waals surface area (Å²) in [6, 6.07) is 21.1. The van der Waals surface area contributed by atoms with Gasteiger partial charge in [0.2, 0.25) is 0 Å². The number of methoxy groups -OCH3 is 2. The monoisotopic (exact) mass is 446 g/mol. The number of hydrogen-bond acceptors (Lipinski definition) is 5. The zero-order valence-electron chi connectivity index (χ0n) is 17.4. The molecule has 160 valence electrons. The van der Waals surface area contributed by atoms with Gasteiger partial charge in [-0.15, -0.1) is 0 Å². The molecular weight excluding hydrogens is 428 g/mol. The van der Waals surface area contributed by atoms with Crippen molar-refractivity contribution in [3.05, 3.63) is 100 Å². The largest absolute Gasteiger partial charge is 0.497 e. The maximum atomic E-state index is 13.3. The van der Waals surface area contributed by atoms with Gasteiger partial charge in [-0.1, -0.05) is 23.7 Å². The van der Waals surface area contributed by atoms with Crippen molar-refractivity contribution in [3.63, 3.8) is 0 Å². The number of halogens is 1. The molecule has 6 nitrogen and oxygen atoms in total. The van der Waals surface area contributed by atoms with Gasteiger partial charge in [0.1, 0.15) is 17.3 Å². The molecule has 0 aromatic heterocycles. The van der Waals surface area contributed by atoms with E-state index in [1.807, 2.05) is 24.3 Å². The van der Waals surface area contributed by atoms with E-state index < -0.39 is 5.97 Å². The molecule has 7 heteroatoms. The first-order valence-corrected chi connectivity index (χ1v) is 10.1. The minimum absolute atomic E-state index is 0.268. The fourth-order valence-corrected chi connectivity index (χ4v) is 3.40. The van der Waals surface area contributed by atoms with E-state index in [0.717, 1.165) is 11.1 Å². The molecule has 0 atom stereocenters. The number of amides is 1. The maximum absolute atomic E-state index is 13.3. The number of esters is 1. The minimum Gasteiger partial charge on any atom is -0.497 e. The molecule has 0 saturated heterocycles. The summed E-state index contributed by atoms with van der Waals surface area (Å²) >= 11 is 6.03. The third-order valence-corrected chi connectivity index (χ3v) is 5.18. The van der Waals surface area contributed by atoms with Crippen LogP contribution in [0.3, 0.4) is 0 Å². The molecule has 1 aliphatic rings. The number of nitrogens with zero attached hydrogens (tertiary/aromatic N) is 2. The van der Waals surface area contributed by atoms with Crippen molar-refractivity contribution in [3.8, 4) is 5.75 Å². The van der Waals surface area contributed by atoms with Crippen molar-refractivity contribution in [2.45, 2.75) is 0 Å². The van der Waals surface area contributed by atoms with Gasteiger partial charge in [-0.05, 0) is 72.3 Å². The van der Waals surface area contributed by atoms with Gasteiger partial charge in [0.15, 0.2) is 0 Å². The lowest BCUT2D eigenvalue weighted by Crippen LogP contribution is -2.32. The van der Waals surface area contributed by atoms with Crippen LogP contribution in [0.4, 0.5) is 5.69 Å². The molecule has 3 aromatic carbocycles. The molecule has 0 aliphatic carbocycles. The topological polar surface area (TPSA) is 68.2 Å². The lowest BCUT2D eigenvalue weighted by atomic mass is 10.1.